The third-order valence-electron chi connectivity index (χ3n) is 2.08. The Morgan fingerprint density at radius 2 is 2.40 bits per heavy atom. The number of hydrogen-bond acceptors (Lipinski definition) is 4. The van der Waals surface area contributed by atoms with E-state index >= 15 is 0 Å². The Balaban J connectivity index is 2.25. The Labute approximate surface area is 89.1 Å². The van der Waals surface area contributed by atoms with Crippen LogP contribution in [0.1, 0.15) is 31.5 Å². The minimum absolute atomic E-state index is 0.145. The lowest BCUT2D eigenvalue weighted by molar-refractivity contribution is -0.118. The highest BCUT2D eigenvalue weighted by atomic mass is 16.1. The summed E-state index contributed by atoms with van der Waals surface area (Å²) >= 11 is 0. The zero-order valence-electron chi connectivity index (χ0n) is 8.81. The van der Waals surface area contributed by atoms with Gasteiger partial charge in [-0.15, -0.1) is 0 Å². The Hall–Kier alpha value is -1.49. The van der Waals surface area contributed by atoms with Crippen LogP contribution in [0.25, 0.3) is 0 Å². The predicted octanol–water partition coefficient (Wildman–Crippen LogP) is 0.393. The Kier molecular flexibility index (Phi) is 4.70. The molecule has 0 saturated heterocycles. The monoisotopic (exact) mass is 208 g/mol. The molecule has 1 unspecified atom stereocenters. The van der Waals surface area contributed by atoms with Crippen LogP contribution in [0.4, 0.5) is 0 Å². The first kappa shape index (κ1) is 11.6. The summed E-state index contributed by atoms with van der Waals surface area (Å²) in [6.07, 6.45) is 6.20. The normalized spacial score (nSPS) is 12.3. The zero-order valence-corrected chi connectivity index (χ0v) is 8.81. The molecule has 0 saturated carbocycles. The van der Waals surface area contributed by atoms with Gasteiger partial charge < -0.3 is 11.1 Å². The molecule has 1 amide bonds. The van der Waals surface area contributed by atoms with E-state index in [-0.39, 0.29) is 11.9 Å². The van der Waals surface area contributed by atoms with Crippen molar-refractivity contribution in [3.63, 3.8) is 0 Å². The van der Waals surface area contributed by atoms with Crippen LogP contribution in [0.15, 0.2) is 18.6 Å². The summed E-state index contributed by atoms with van der Waals surface area (Å²) in [5, 5.41) is 3.24. The molecule has 15 heavy (non-hydrogen) atoms. The molecule has 1 aromatic rings. The molecular weight excluding hydrogens is 192 g/mol. The first-order valence-corrected chi connectivity index (χ1v) is 4.97. The topological polar surface area (TPSA) is 80.9 Å². The first-order chi connectivity index (χ1) is 7.20. The van der Waals surface area contributed by atoms with E-state index in [0.29, 0.717) is 6.42 Å². The van der Waals surface area contributed by atoms with E-state index in [1.54, 1.807) is 18.6 Å². The third kappa shape index (κ3) is 4.51. The zero-order chi connectivity index (χ0) is 11.1. The van der Waals surface area contributed by atoms with E-state index in [2.05, 4.69) is 15.3 Å². The summed E-state index contributed by atoms with van der Waals surface area (Å²) in [6, 6.07) is 0.145. The molecule has 1 aromatic heterocycles. The number of primary amides is 1. The summed E-state index contributed by atoms with van der Waals surface area (Å²) in [5.41, 5.74) is 5.93. The lowest BCUT2D eigenvalue weighted by Gasteiger charge is -2.11. The minimum Gasteiger partial charge on any atom is -0.370 e. The molecule has 1 heterocycles. The van der Waals surface area contributed by atoms with Crippen LogP contribution in [0.2, 0.25) is 0 Å². The van der Waals surface area contributed by atoms with E-state index in [1.165, 1.54) is 0 Å². The highest BCUT2D eigenvalue weighted by molar-refractivity contribution is 5.73. The average Bonchev–Trinajstić information content (AvgIpc) is 2.25. The molecule has 0 aromatic carbocycles. The van der Waals surface area contributed by atoms with Crippen molar-refractivity contribution < 1.29 is 4.79 Å². The van der Waals surface area contributed by atoms with Gasteiger partial charge in [-0.3, -0.25) is 14.8 Å². The largest absolute Gasteiger partial charge is 0.370 e. The second-order valence-corrected chi connectivity index (χ2v) is 3.38. The number of rotatable bonds is 6. The van der Waals surface area contributed by atoms with Gasteiger partial charge in [-0.25, -0.2) is 0 Å². The maximum Gasteiger partial charge on any atom is 0.217 e. The number of aromatic nitrogens is 2. The van der Waals surface area contributed by atoms with Crippen LogP contribution in [-0.4, -0.2) is 22.4 Å². The van der Waals surface area contributed by atoms with Gasteiger partial charge >= 0.3 is 0 Å². The second kappa shape index (κ2) is 6.08. The van der Waals surface area contributed by atoms with E-state index in [1.807, 2.05) is 6.92 Å². The van der Waals surface area contributed by atoms with Crippen molar-refractivity contribution in [3.8, 4) is 0 Å². The van der Waals surface area contributed by atoms with Crippen molar-refractivity contribution in [1.82, 2.24) is 15.3 Å². The SMILES string of the molecule is CC(NCCCC(N)=O)c1cnccn1. The van der Waals surface area contributed by atoms with Crippen molar-refractivity contribution in [2.24, 2.45) is 5.73 Å². The number of nitrogens with one attached hydrogen (secondary N) is 1. The maximum absolute atomic E-state index is 10.5. The Bertz CT molecular complexity index is 302. The van der Waals surface area contributed by atoms with Gasteiger partial charge in [-0.1, -0.05) is 0 Å². The fourth-order valence-electron chi connectivity index (χ4n) is 1.22. The van der Waals surface area contributed by atoms with Gasteiger partial charge in [0.1, 0.15) is 0 Å². The van der Waals surface area contributed by atoms with Crippen molar-refractivity contribution in [2.45, 2.75) is 25.8 Å². The molecule has 1 rings (SSSR count). The number of amides is 1. The number of hydrogen-bond donors (Lipinski definition) is 2. The van der Waals surface area contributed by atoms with Crippen molar-refractivity contribution >= 4 is 5.91 Å². The van der Waals surface area contributed by atoms with Crippen LogP contribution in [0.3, 0.4) is 0 Å². The van der Waals surface area contributed by atoms with Gasteiger partial charge in [0.15, 0.2) is 0 Å². The molecule has 3 N–H and O–H groups in total. The molecule has 5 heteroatoms. The number of nitrogens with zero attached hydrogens (tertiary/aromatic N) is 2. The molecule has 5 nitrogen and oxygen atoms in total. The number of nitrogens with two attached hydrogens (primary N) is 1. The lowest BCUT2D eigenvalue weighted by Crippen LogP contribution is -2.22. The highest BCUT2D eigenvalue weighted by Gasteiger charge is 2.05. The molecule has 0 fully saturated rings. The van der Waals surface area contributed by atoms with E-state index in [4.69, 9.17) is 5.73 Å². The van der Waals surface area contributed by atoms with Crippen molar-refractivity contribution in [1.29, 1.82) is 0 Å². The van der Waals surface area contributed by atoms with Gasteiger partial charge in [-0.2, -0.15) is 0 Å². The molecule has 1 atom stereocenters. The third-order valence-corrected chi connectivity index (χ3v) is 2.08. The quantitative estimate of drug-likeness (QED) is 0.663. The molecule has 0 aliphatic rings. The fraction of sp³-hybridized carbons (Fsp3) is 0.500. The molecule has 0 bridgehead atoms. The molecule has 0 aliphatic heterocycles. The minimum atomic E-state index is -0.260. The Morgan fingerprint density at radius 3 is 3.00 bits per heavy atom. The first-order valence-electron chi connectivity index (χ1n) is 4.97. The lowest BCUT2D eigenvalue weighted by atomic mass is 10.2. The number of carbonyl (C=O) groups is 1. The highest BCUT2D eigenvalue weighted by Crippen LogP contribution is 2.05. The fourth-order valence-corrected chi connectivity index (χ4v) is 1.22. The summed E-state index contributed by atoms with van der Waals surface area (Å²) in [5.74, 6) is -0.260. The average molecular weight is 208 g/mol. The maximum atomic E-state index is 10.5. The summed E-state index contributed by atoms with van der Waals surface area (Å²) in [7, 11) is 0. The van der Waals surface area contributed by atoms with E-state index < -0.39 is 0 Å². The van der Waals surface area contributed by atoms with Crippen LogP contribution in [0.5, 0.6) is 0 Å². The smallest absolute Gasteiger partial charge is 0.217 e. The second-order valence-electron chi connectivity index (χ2n) is 3.38. The standard InChI is InChI=1S/C10H16N4O/c1-8(9-7-12-5-6-14-9)13-4-2-3-10(11)15/h5-8,13H,2-4H2,1H3,(H2,11,15). The summed E-state index contributed by atoms with van der Waals surface area (Å²) in [6.45, 7) is 2.76. The summed E-state index contributed by atoms with van der Waals surface area (Å²) in [4.78, 5) is 18.6. The molecule has 0 radical (unpaired) electrons. The van der Waals surface area contributed by atoms with Crippen LogP contribution >= 0.6 is 0 Å². The molecule has 82 valence electrons. The molecule has 0 spiro atoms. The van der Waals surface area contributed by atoms with Crippen LogP contribution < -0.4 is 11.1 Å². The van der Waals surface area contributed by atoms with Crippen molar-refractivity contribution in [2.75, 3.05) is 6.54 Å². The number of carbonyl (C=O) groups excluding carboxylic acids is 1. The van der Waals surface area contributed by atoms with Gasteiger partial charge in [0.25, 0.3) is 0 Å². The molecule has 0 aliphatic carbocycles. The molecular formula is C10H16N4O. The van der Waals surface area contributed by atoms with Gasteiger partial charge in [-0.05, 0) is 19.9 Å². The van der Waals surface area contributed by atoms with Crippen LogP contribution in [0, 0.1) is 0 Å². The predicted molar refractivity (Wildman–Crippen MR) is 56.9 cm³/mol. The van der Waals surface area contributed by atoms with E-state index in [0.717, 1.165) is 18.7 Å². The summed E-state index contributed by atoms with van der Waals surface area (Å²) < 4.78 is 0. The van der Waals surface area contributed by atoms with Gasteiger partial charge in [0.2, 0.25) is 5.91 Å². The van der Waals surface area contributed by atoms with Crippen molar-refractivity contribution in [3.05, 3.63) is 24.3 Å². The van der Waals surface area contributed by atoms with Gasteiger partial charge in [0.05, 0.1) is 5.69 Å². The van der Waals surface area contributed by atoms with E-state index in [9.17, 15) is 4.79 Å². The van der Waals surface area contributed by atoms with Gasteiger partial charge in [0, 0.05) is 31.1 Å². The Morgan fingerprint density at radius 1 is 1.60 bits per heavy atom. The van der Waals surface area contributed by atoms with Crippen LogP contribution in [-0.2, 0) is 4.79 Å².